The van der Waals surface area contributed by atoms with Crippen molar-refractivity contribution in [2.75, 3.05) is 5.32 Å². The molecule has 0 aliphatic rings. The van der Waals surface area contributed by atoms with Gasteiger partial charge in [0.05, 0.1) is 4.92 Å². The van der Waals surface area contributed by atoms with Crippen LogP contribution in [0.1, 0.15) is 29.7 Å². The minimum Gasteiger partial charge on any atom is -0.373 e. The highest BCUT2D eigenvalue weighted by Gasteiger charge is 2.16. The molecule has 1 N–H and O–H groups in total. The van der Waals surface area contributed by atoms with E-state index in [2.05, 4.69) is 5.32 Å². The van der Waals surface area contributed by atoms with Crippen molar-refractivity contribution in [1.29, 1.82) is 0 Å². The Morgan fingerprint density at radius 2 is 1.90 bits per heavy atom. The molecule has 21 heavy (non-hydrogen) atoms. The predicted octanol–water partition coefficient (Wildman–Crippen LogP) is 4.52. The van der Waals surface area contributed by atoms with E-state index in [-0.39, 0.29) is 17.5 Å². The van der Waals surface area contributed by atoms with E-state index in [1.165, 1.54) is 12.1 Å². The Balaban J connectivity index is 2.30. The summed E-state index contributed by atoms with van der Waals surface area (Å²) in [4.78, 5) is 10.6. The SMILES string of the molecule is Cc1ccc([N+](=O)[O-])c(NC(C)c2ccc(C)c(F)c2)c1. The molecule has 0 saturated heterocycles. The second-order valence-electron chi connectivity index (χ2n) is 5.15. The van der Waals surface area contributed by atoms with Gasteiger partial charge in [-0.1, -0.05) is 18.2 Å². The normalized spacial score (nSPS) is 12.0. The van der Waals surface area contributed by atoms with Crippen LogP contribution in [0.5, 0.6) is 0 Å². The summed E-state index contributed by atoms with van der Waals surface area (Å²) >= 11 is 0. The number of nitro groups is 1. The van der Waals surface area contributed by atoms with Gasteiger partial charge in [0.25, 0.3) is 5.69 Å². The Bertz CT molecular complexity index is 686. The topological polar surface area (TPSA) is 55.2 Å². The lowest BCUT2D eigenvalue weighted by Crippen LogP contribution is -2.09. The van der Waals surface area contributed by atoms with E-state index in [1.807, 2.05) is 19.9 Å². The molecule has 1 atom stereocenters. The first-order chi connectivity index (χ1) is 9.88. The van der Waals surface area contributed by atoms with Gasteiger partial charge < -0.3 is 5.32 Å². The third-order valence-electron chi connectivity index (χ3n) is 3.42. The van der Waals surface area contributed by atoms with E-state index in [9.17, 15) is 14.5 Å². The molecule has 0 radical (unpaired) electrons. The van der Waals surface area contributed by atoms with Gasteiger partial charge in [-0.3, -0.25) is 10.1 Å². The maximum absolute atomic E-state index is 13.6. The Kier molecular flexibility index (Phi) is 4.21. The number of halogens is 1. The van der Waals surface area contributed by atoms with E-state index < -0.39 is 4.92 Å². The van der Waals surface area contributed by atoms with E-state index in [4.69, 9.17) is 0 Å². The summed E-state index contributed by atoms with van der Waals surface area (Å²) < 4.78 is 13.6. The Morgan fingerprint density at radius 1 is 1.19 bits per heavy atom. The number of hydrogen-bond acceptors (Lipinski definition) is 3. The van der Waals surface area contributed by atoms with E-state index in [1.54, 1.807) is 25.1 Å². The highest BCUT2D eigenvalue weighted by molar-refractivity contribution is 5.63. The summed E-state index contributed by atoms with van der Waals surface area (Å²) in [5, 5.41) is 14.1. The van der Waals surface area contributed by atoms with Crippen molar-refractivity contribution in [3.05, 3.63) is 69.0 Å². The van der Waals surface area contributed by atoms with Gasteiger partial charge >= 0.3 is 0 Å². The number of nitrogens with zero attached hydrogens (tertiary/aromatic N) is 1. The lowest BCUT2D eigenvalue weighted by atomic mass is 10.1. The molecule has 0 spiro atoms. The Labute approximate surface area is 122 Å². The molecule has 2 rings (SSSR count). The van der Waals surface area contributed by atoms with Crippen LogP contribution in [0.3, 0.4) is 0 Å². The molecule has 0 aliphatic heterocycles. The van der Waals surface area contributed by atoms with Gasteiger partial charge in [-0.05, 0) is 49.6 Å². The number of benzene rings is 2. The van der Waals surface area contributed by atoms with Gasteiger partial charge in [0, 0.05) is 12.1 Å². The molecular weight excluding hydrogens is 271 g/mol. The van der Waals surface area contributed by atoms with Crippen LogP contribution < -0.4 is 5.32 Å². The van der Waals surface area contributed by atoms with Crippen LogP contribution in [0.15, 0.2) is 36.4 Å². The van der Waals surface area contributed by atoms with Crippen molar-refractivity contribution in [3.8, 4) is 0 Å². The molecular formula is C16H17FN2O2. The zero-order chi connectivity index (χ0) is 15.6. The minimum atomic E-state index is -0.426. The Morgan fingerprint density at radius 3 is 2.52 bits per heavy atom. The summed E-state index contributed by atoms with van der Waals surface area (Å²) in [6.45, 7) is 5.41. The Hall–Kier alpha value is -2.43. The van der Waals surface area contributed by atoms with Crippen molar-refractivity contribution in [1.82, 2.24) is 0 Å². The molecule has 0 saturated carbocycles. The van der Waals surface area contributed by atoms with Gasteiger partial charge in [-0.15, -0.1) is 0 Å². The van der Waals surface area contributed by atoms with E-state index >= 15 is 0 Å². The largest absolute Gasteiger partial charge is 0.373 e. The van der Waals surface area contributed by atoms with Crippen molar-refractivity contribution in [2.24, 2.45) is 0 Å². The first kappa shape index (κ1) is 15.0. The van der Waals surface area contributed by atoms with Gasteiger partial charge in [-0.2, -0.15) is 0 Å². The zero-order valence-electron chi connectivity index (χ0n) is 12.2. The second-order valence-corrected chi connectivity index (χ2v) is 5.15. The fourth-order valence-electron chi connectivity index (χ4n) is 2.12. The third-order valence-corrected chi connectivity index (χ3v) is 3.42. The first-order valence-corrected chi connectivity index (χ1v) is 6.66. The summed E-state index contributed by atoms with van der Waals surface area (Å²) in [6, 6.07) is 9.62. The van der Waals surface area contributed by atoms with Crippen LogP contribution in [0.2, 0.25) is 0 Å². The predicted molar refractivity (Wildman–Crippen MR) is 81.0 cm³/mol. The van der Waals surface area contributed by atoms with Gasteiger partial charge in [0.1, 0.15) is 11.5 Å². The molecule has 4 nitrogen and oxygen atoms in total. The molecule has 0 bridgehead atoms. The number of aryl methyl sites for hydroxylation is 2. The summed E-state index contributed by atoms with van der Waals surface area (Å²) in [7, 11) is 0. The summed E-state index contributed by atoms with van der Waals surface area (Å²) in [6.07, 6.45) is 0. The quantitative estimate of drug-likeness (QED) is 0.664. The molecule has 110 valence electrons. The smallest absolute Gasteiger partial charge is 0.292 e. The number of rotatable bonds is 4. The molecule has 0 fully saturated rings. The molecule has 0 aromatic heterocycles. The molecule has 2 aromatic rings. The van der Waals surface area contributed by atoms with Crippen molar-refractivity contribution < 1.29 is 9.31 Å². The maximum atomic E-state index is 13.6. The number of nitrogens with one attached hydrogen (secondary N) is 1. The van der Waals surface area contributed by atoms with E-state index in [0.717, 1.165) is 11.1 Å². The fraction of sp³-hybridized carbons (Fsp3) is 0.250. The third kappa shape index (κ3) is 3.37. The van der Waals surface area contributed by atoms with Crippen LogP contribution in [0.4, 0.5) is 15.8 Å². The maximum Gasteiger partial charge on any atom is 0.292 e. The molecule has 5 heteroatoms. The zero-order valence-corrected chi connectivity index (χ0v) is 12.2. The van der Waals surface area contributed by atoms with Crippen molar-refractivity contribution >= 4 is 11.4 Å². The average Bonchev–Trinajstić information content (AvgIpc) is 2.41. The average molecular weight is 288 g/mol. The monoisotopic (exact) mass is 288 g/mol. The van der Waals surface area contributed by atoms with Crippen LogP contribution in [0.25, 0.3) is 0 Å². The van der Waals surface area contributed by atoms with Crippen LogP contribution in [0, 0.1) is 29.8 Å². The lowest BCUT2D eigenvalue weighted by Gasteiger charge is -2.16. The lowest BCUT2D eigenvalue weighted by molar-refractivity contribution is -0.384. The summed E-state index contributed by atoms with van der Waals surface area (Å²) in [5.74, 6) is -0.278. The number of hydrogen-bond donors (Lipinski definition) is 1. The van der Waals surface area contributed by atoms with E-state index in [0.29, 0.717) is 11.3 Å². The minimum absolute atomic E-state index is 0.0139. The van der Waals surface area contributed by atoms with Crippen LogP contribution >= 0.6 is 0 Å². The fourth-order valence-corrected chi connectivity index (χ4v) is 2.12. The molecule has 1 unspecified atom stereocenters. The number of nitro benzene ring substituents is 1. The molecule has 2 aromatic carbocycles. The van der Waals surface area contributed by atoms with Gasteiger partial charge in [0.15, 0.2) is 0 Å². The van der Waals surface area contributed by atoms with Gasteiger partial charge in [-0.25, -0.2) is 4.39 Å². The molecule has 0 heterocycles. The molecule has 0 amide bonds. The first-order valence-electron chi connectivity index (χ1n) is 6.66. The second kappa shape index (κ2) is 5.91. The highest BCUT2D eigenvalue weighted by Crippen LogP contribution is 2.29. The summed E-state index contributed by atoms with van der Waals surface area (Å²) in [5.41, 5.74) is 2.69. The highest BCUT2D eigenvalue weighted by atomic mass is 19.1. The standard InChI is InChI=1S/C16H17FN2O2/c1-10-4-7-16(19(20)21)15(8-10)18-12(3)13-6-5-11(2)14(17)9-13/h4-9,12,18H,1-3H3. The van der Waals surface area contributed by atoms with Crippen molar-refractivity contribution in [2.45, 2.75) is 26.8 Å². The van der Waals surface area contributed by atoms with Crippen LogP contribution in [-0.2, 0) is 0 Å². The number of anilines is 1. The molecule has 0 aliphatic carbocycles. The van der Waals surface area contributed by atoms with Crippen molar-refractivity contribution in [3.63, 3.8) is 0 Å². The van der Waals surface area contributed by atoms with Gasteiger partial charge in [0.2, 0.25) is 0 Å². The van der Waals surface area contributed by atoms with Crippen LogP contribution in [-0.4, -0.2) is 4.92 Å².